The molecule has 6 heteroatoms. The number of hydrogen-bond donors (Lipinski definition) is 0. The molecule has 6 nitrogen and oxygen atoms in total. The molecule has 0 radical (unpaired) electrons. The Hall–Kier alpha value is -1.56. The first-order valence-corrected chi connectivity index (χ1v) is 7.62. The van der Waals surface area contributed by atoms with E-state index < -0.39 is 0 Å². The summed E-state index contributed by atoms with van der Waals surface area (Å²) < 4.78 is 12.3. The van der Waals surface area contributed by atoms with Crippen LogP contribution in [-0.2, 0) is 16.0 Å². The van der Waals surface area contributed by atoms with Gasteiger partial charge in [0, 0.05) is 38.6 Å². The van der Waals surface area contributed by atoms with Crippen LogP contribution in [0.1, 0.15) is 31.5 Å². The molecule has 1 unspecified atom stereocenters. The standard InChI is InChI=1S/C15H25N3O3/c1-13-16-7-10-17(13)9-6-14-5-3-4-8-18(14)15(19)21-12-11-20-2/h7,10,14H,3-6,8-9,11-12H2,1-2H3. The molecule has 118 valence electrons. The number of carbonyl (C=O) groups is 1. The van der Waals surface area contributed by atoms with Crippen molar-refractivity contribution < 1.29 is 14.3 Å². The molecular formula is C15H25N3O3. The lowest BCUT2D eigenvalue weighted by Crippen LogP contribution is -2.44. The topological polar surface area (TPSA) is 56.6 Å². The summed E-state index contributed by atoms with van der Waals surface area (Å²) in [6.45, 7) is 4.44. The van der Waals surface area contributed by atoms with Crippen molar-refractivity contribution in [2.45, 2.75) is 45.2 Å². The highest BCUT2D eigenvalue weighted by molar-refractivity contribution is 5.68. The van der Waals surface area contributed by atoms with Crippen molar-refractivity contribution >= 4 is 6.09 Å². The summed E-state index contributed by atoms with van der Waals surface area (Å²) in [4.78, 5) is 18.2. The molecule has 2 rings (SSSR count). The minimum atomic E-state index is -0.209. The van der Waals surface area contributed by atoms with E-state index in [1.54, 1.807) is 7.11 Å². The van der Waals surface area contributed by atoms with Gasteiger partial charge in [-0.05, 0) is 32.6 Å². The Morgan fingerprint density at radius 2 is 2.29 bits per heavy atom. The molecule has 0 saturated carbocycles. The summed E-state index contributed by atoms with van der Waals surface area (Å²) in [5, 5.41) is 0. The van der Waals surface area contributed by atoms with Crippen molar-refractivity contribution in [3.63, 3.8) is 0 Å². The Labute approximate surface area is 126 Å². The number of piperidine rings is 1. The van der Waals surface area contributed by atoms with E-state index in [-0.39, 0.29) is 12.1 Å². The zero-order chi connectivity index (χ0) is 15.1. The van der Waals surface area contributed by atoms with Crippen molar-refractivity contribution in [1.29, 1.82) is 0 Å². The second-order valence-corrected chi connectivity index (χ2v) is 5.41. The van der Waals surface area contributed by atoms with Crippen LogP contribution < -0.4 is 0 Å². The summed E-state index contributed by atoms with van der Waals surface area (Å²) in [6.07, 6.45) is 7.81. The van der Waals surface area contributed by atoms with Gasteiger partial charge in [-0.3, -0.25) is 0 Å². The molecular weight excluding hydrogens is 270 g/mol. The van der Waals surface area contributed by atoms with Crippen LogP contribution in [-0.4, -0.2) is 53.5 Å². The van der Waals surface area contributed by atoms with E-state index in [1.165, 1.54) is 6.42 Å². The highest BCUT2D eigenvalue weighted by atomic mass is 16.6. The van der Waals surface area contributed by atoms with Gasteiger partial charge in [0.1, 0.15) is 12.4 Å². The van der Waals surface area contributed by atoms with Crippen LogP contribution in [0, 0.1) is 6.92 Å². The van der Waals surface area contributed by atoms with Gasteiger partial charge < -0.3 is 18.9 Å². The summed E-state index contributed by atoms with van der Waals surface area (Å²) in [6, 6.07) is 0.260. The molecule has 1 aliphatic rings. The summed E-state index contributed by atoms with van der Waals surface area (Å²) in [5.41, 5.74) is 0. The fourth-order valence-corrected chi connectivity index (χ4v) is 2.76. The number of rotatable bonds is 6. The third kappa shape index (κ3) is 4.46. The smallest absolute Gasteiger partial charge is 0.410 e. The molecule has 21 heavy (non-hydrogen) atoms. The number of amides is 1. The SMILES string of the molecule is COCCOC(=O)N1CCCCC1CCn1ccnc1C. The van der Waals surface area contributed by atoms with Crippen LogP contribution in [0.2, 0.25) is 0 Å². The van der Waals surface area contributed by atoms with Crippen LogP contribution >= 0.6 is 0 Å². The lowest BCUT2D eigenvalue weighted by molar-refractivity contribution is 0.0502. The summed E-state index contributed by atoms with van der Waals surface area (Å²) >= 11 is 0. The fraction of sp³-hybridized carbons (Fsp3) is 0.733. The average molecular weight is 295 g/mol. The third-order valence-corrected chi connectivity index (χ3v) is 4.00. The highest BCUT2D eigenvalue weighted by Gasteiger charge is 2.27. The number of imidazole rings is 1. The molecule has 0 aliphatic carbocycles. The first kappa shape index (κ1) is 15.8. The number of carbonyl (C=O) groups excluding carboxylic acids is 1. The van der Waals surface area contributed by atoms with Gasteiger partial charge in [0.05, 0.1) is 6.61 Å². The predicted octanol–water partition coefficient (Wildman–Crippen LogP) is 2.22. The molecule has 0 bridgehead atoms. The molecule has 1 aliphatic heterocycles. The second kappa shape index (κ2) is 8.02. The van der Waals surface area contributed by atoms with Crippen molar-refractivity contribution in [3.05, 3.63) is 18.2 Å². The molecule has 0 N–H and O–H groups in total. The van der Waals surface area contributed by atoms with Gasteiger partial charge in [0.25, 0.3) is 0 Å². The van der Waals surface area contributed by atoms with E-state index in [1.807, 2.05) is 24.2 Å². The Bertz CT molecular complexity index is 447. The van der Waals surface area contributed by atoms with Crippen LogP contribution in [0.25, 0.3) is 0 Å². The van der Waals surface area contributed by atoms with Crippen LogP contribution in [0.5, 0.6) is 0 Å². The second-order valence-electron chi connectivity index (χ2n) is 5.41. The number of ether oxygens (including phenoxy) is 2. The van der Waals surface area contributed by atoms with E-state index in [0.717, 1.165) is 38.2 Å². The van der Waals surface area contributed by atoms with E-state index in [0.29, 0.717) is 13.2 Å². The van der Waals surface area contributed by atoms with Gasteiger partial charge in [0.15, 0.2) is 0 Å². The molecule has 2 heterocycles. The largest absolute Gasteiger partial charge is 0.447 e. The lowest BCUT2D eigenvalue weighted by Gasteiger charge is -2.35. The quantitative estimate of drug-likeness (QED) is 0.755. The monoisotopic (exact) mass is 295 g/mol. The molecule has 0 spiro atoms. The maximum absolute atomic E-state index is 12.1. The maximum Gasteiger partial charge on any atom is 0.410 e. The first-order valence-electron chi connectivity index (χ1n) is 7.62. The molecule has 1 fully saturated rings. The van der Waals surface area contributed by atoms with Gasteiger partial charge >= 0.3 is 6.09 Å². The number of methoxy groups -OCH3 is 1. The van der Waals surface area contributed by atoms with Crippen molar-refractivity contribution in [1.82, 2.24) is 14.5 Å². The molecule has 1 aromatic rings. The van der Waals surface area contributed by atoms with E-state index in [4.69, 9.17) is 9.47 Å². The van der Waals surface area contributed by atoms with Crippen molar-refractivity contribution in [3.8, 4) is 0 Å². The Balaban J connectivity index is 1.86. The maximum atomic E-state index is 12.1. The van der Waals surface area contributed by atoms with Gasteiger partial charge in [-0.1, -0.05) is 0 Å². The molecule has 1 atom stereocenters. The predicted molar refractivity (Wildman–Crippen MR) is 79.2 cm³/mol. The first-order chi connectivity index (χ1) is 10.2. The van der Waals surface area contributed by atoms with Crippen LogP contribution in [0.3, 0.4) is 0 Å². The number of aryl methyl sites for hydroxylation is 2. The number of nitrogens with zero attached hydrogens (tertiary/aromatic N) is 3. The fourth-order valence-electron chi connectivity index (χ4n) is 2.76. The van der Waals surface area contributed by atoms with E-state index >= 15 is 0 Å². The number of likely N-dealkylation sites (tertiary alicyclic amines) is 1. The minimum Gasteiger partial charge on any atom is -0.447 e. The number of aromatic nitrogens is 2. The zero-order valence-electron chi connectivity index (χ0n) is 13.0. The highest BCUT2D eigenvalue weighted by Crippen LogP contribution is 2.21. The van der Waals surface area contributed by atoms with E-state index in [2.05, 4.69) is 9.55 Å². The Morgan fingerprint density at radius 3 is 3.00 bits per heavy atom. The Kier molecular flexibility index (Phi) is 6.04. The number of hydrogen-bond acceptors (Lipinski definition) is 4. The van der Waals surface area contributed by atoms with Crippen molar-refractivity contribution in [2.24, 2.45) is 0 Å². The molecule has 0 aromatic carbocycles. The average Bonchev–Trinajstić information content (AvgIpc) is 2.91. The Morgan fingerprint density at radius 1 is 1.43 bits per heavy atom. The van der Waals surface area contributed by atoms with Crippen molar-refractivity contribution in [2.75, 3.05) is 26.9 Å². The zero-order valence-corrected chi connectivity index (χ0v) is 13.0. The normalized spacial score (nSPS) is 18.8. The van der Waals surface area contributed by atoms with Crippen LogP contribution in [0.4, 0.5) is 4.79 Å². The van der Waals surface area contributed by atoms with Crippen LogP contribution in [0.15, 0.2) is 12.4 Å². The van der Waals surface area contributed by atoms with Gasteiger partial charge in [-0.2, -0.15) is 0 Å². The summed E-state index contributed by atoms with van der Waals surface area (Å²) in [7, 11) is 1.60. The van der Waals surface area contributed by atoms with E-state index in [9.17, 15) is 4.79 Å². The third-order valence-electron chi connectivity index (χ3n) is 4.00. The van der Waals surface area contributed by atoms with Gasteiger partial charge in [-0.15, -0.1) is 0 Å². The molecule has 1 amide bonds. The molecule has 1 aromatic heterocycles. The lowest BCUT2D eigenvalue weighted by atomic mass is 10.00. The van der Waals surface area contributed by atoms with Gasteiger partial charge in [-0.25, -0.2) is 9.78 Å². The summed E-state index contributed by atoms with van der Waals surface area (Å²) in [5.74, 6) is 1.01. The van der Waals surface area contributed by atoms with Gasteiger partial charge in [0.2, 0.25) is 0 Å². The molecule has 1 saturated heterocycles. The minimum absolute atomic E-state index is 0.209.